The molecule has 0 aromatic carbocycles. The summed E-state index contributed by atoms with van der Waals surface area (Å²) in [5.41, 5.74) is -0.573. The van der Waals surface area contributed by atoms with Crippen molar-refractivity contribution in [2.45, 2.75) is 33.7 Å². The monoisotopic (exact) mass is 261 g/mol. The standard InChI is InChI=1S/C12H23NO3S/c1-8(7-17-6)13(5)10(14)9(11(15)16)12(2,3)4/h8-9H,7H2,1-6H3,(H,15,16). The van der Waals surface area contributed by atoms with Crippen molar-refractivity contribution in [2.24, 2.45) is 11.3 Å². The van der Waals surface area contributed by atoms with E-state index in [2.05, 4.69) is 0 Å². The molecule has 0 fully saturated rings. The lowest BCUT2D eigenvalue weighted by Gasteiger charge is -2.32. The first-order valence-corrected chi connectivity index (χ1v) is 7.00. The van der Waals surface area contributed by atoms with E-state index in [9.17, 15) is 14.7 Å². The van der Waals surface area contributed by atoms with Crippen molar-refractivity contribution in [3.05, 3.63) is 0 Å². The number of carboxylic acids is 1. The van der Waals surface area contributed by atoms with E-state index in [1.807, 2.05) is 13.2 Å². The lowest BCUT2D eigenvalue weighted by atomic mass is 9.79. The zero-order valence-electron chi connectivity index (χ0n) is 11.5. The van der Waals surface area contributed by atoms with Crippen molar-refractivity contribution in [2.75, 3.05) is 19.1 Å². The molecule has 5 heteroatoms. The molecular weight excluding hydrogens is 238 g/mol. The van der Waals surface area contributed by atoms with E-state index in [4.69, 9.17) is 0 Å². The molecule has 0 spiro atoms. The minimum absolute atomic E-state index is 0.0432. The van der Waals surface area contributed by atoms with Crippen LogP contribution >= 0.6 is 11.8 Å². The van der Waals surface area contributed by atoms with E-state index in [-0.39, 0.29) is 11.9 Å². The first-order valence-electron chi connectivity index (χ1n) is 5.61. The Morgan fingerprint density at radius 2 is 1.82 bits per heavy atom. The van der Waals surface area contributed by atoms with Crippen LogP contribution in [-0.2, 0) is 9.59 Å². The largest absolute Gasteiger partial charge is 0.481 e. The molecule has 2 unspecified atom stereocenters. The summed E-state index contributed by atoms with van der Waals surface area (Å²) < 4.78 is 0. The molecule has 1 amide bonds. The summed E-state index contributed by atoms with van der Waals surface area (Å²) in [6.07, 6.45) is 1.97. The average Bonchev–Trinajstić information content (AvgIpc) is 2.13. The first-order chi connectivity index (χ1) is 7.62. The second-order valence-electron chi connectivity index (χ2n) is 5.39. The fourth-order valence-corrected chi connectivity index (χ4v) is 2.33. The van der Waals surface area contributed by atoms with Crippen LogP contribution in [0.25, 0.3) is 0 Å². The Bertz CT molecular complexity index is 286. The van der Waals surface area contributed by atoms with Crippen LogP contribution in [0.4, 0.5) is 0 Å². The molecule has 0 aliphatic heterocycles. The van der Waals surface area contributed by atoms with Gasteiger partial charge in [-0.05, 0) is 18.6 Å². The summed E-state index contributed by atoms with van der Waals surface area (Å²) in [5.74, 6) is -1.55. The normalized spacial score (nSPS) is 15.2. The third-order valence-corrected chi connectivity index (χ3v) is 3.59. The number of amides is 1. The average molecular weight is 261 g/mol. The summed E-state index contributed by atoms with van der Waals surface area (Å²) in [6, 6.07) is 0.0432. The molecule has 0 aliphatic rings. The summed E-state index contributed by atoms with van der Waals surface area (Å²) in [4.78, 5) is 24.9. The number of hydrogen-bond acceptors (Lipinski definition) is 3. The number of rotatable bonds is 5. The second-order valence-corrected chi connectivity index (χ2v) is 6.30. The van der Waals surface area contributed by atoms with Gasteiger partial charge in [-0.2, -0.15) is 11.8 Å². The van der Waals surface area contributed by atoms with Gasteiger partial charge in [-0.3, -0.25) is 9.59 Å². The summed E-state index contributed by atoms with van der Waals surface area (Å²) in [5, 5.41) is 9.19. The van der Waals surface area contributed by atoms with Crippen LogP contribution in [-0.4, -0.2) is 47.0 Å². The third-order valence-electron chi connectivity index (χ3n) is 2.78. The minimum atomic E-state index is -1.05. The van der Waals surface area contributed by atoms with Gasteiger partial charge in [-0.1, -0.05) is 20.8 Å². The first kappa shape index (κ1) is 16.3. The van der Waals surface area contributed by atoms with Crippen molar-refractivity contribution >= 4 is 23.6 Å². The smallest absolute Gasteiger partial charge is 0.316 e. The molecule has 4 nitrogen and oxygen atoms in total. The lowest BCUT2D eigenvalue weighted by Crippen LogP contribution is -2.47. The molecule has 2 atom stereocenters. The van der Waals surface area contributed by atoms with Gasteiger partial charge in [0, 0.05) is 18.8 Å². The van der Waals surface area contributed by atoms with Gasteiger partial charge in [0.25, 0.3) is 0 Å². The molecule has 0 aliphatic carbocycles. The zero-order chi connectivity index (χ0) is 13.8. The summed E-state index contributed by atoms with van der Waals surface area (Å²) in [7, 11) is 1.67. The predicted molar refractivity (Wildman–Crippen MR) is 71.2 cm³/mol. The topological polar surface area (TPSA) is 57.6 Å². The van der Waals surface area contributed by atoms with Gasteiger partial charge in [0.15, 0.2) is 0 Å². The third kappa shape index (κ3) is 4.58. The molecule has 0 bridgehead atoms. The van der Waals surface area contributed by atoms with Gasteiger partial charge in [0.05, 0.1) is 0 Å². The summed E-state index contributed by atoms with van der Waals surface area (Å²) in [6.45, 7) is 7.25. The minimum Gasteiger partial charge on any atom is -0.481 e. The van der Waals surface area contributed by atoms with Crippen LogP contribution in [0, 0.1) is 11.3 Å². The molecule has 0 heterocycles. The molecule has 17 heavy (non-hydrogen) atoms. The van der Waals surface area contributed by atoms with Crippen molar-refractivity contribution in [1.82, 2.24) is 4.90 Å². The van der Waals surface area contributed by atoms with Crippen molar-refractivity contribution in [3.63, 3.8) is 0 Å². The fraction of sp³-hybridized carbons (Fsp3) is 0.833. The lowest BCUT2D eigenvalue weighted by molar-refractivity contribution is -0.156. The molecule has 100 valence electrons. The van der Waals surface area contributed by atoms with Crippen molar-refractivity contribution in [3.8, 4) is 0 Å². The van der Waals surface area contributed by atoms with Gasteiger partial charge in [0.1, 0.15) is 5.92 Å². The van der Waals surface area contributed by atoms with E-state index in [1.165, 1.54) is 0 Å². The number of hydrogen-bond donors (Lipinski definition) is 1. The number of thioether (sulfide) groups is 1. The molecular formula is C12H23NO3S. The van der Waals surface area contributed by atoms with Crippen LogP contribution < -0.4 is 0 Å². The van der Waals surface area contributed by atoms with Gasteiger partial charge in [-0.15, -0.1) is 0 Å². The molecule has 0 saturated heterocycles. The van der Waals surface area contributed by atoms with Gasteiger partial charge < -0.3 is 10.0 Å². The Morgan fingerprint density at radius 1 is 1.35 bits per heavy atom. The highest BCUT2D eigenvalue weighted by Crippen LogP contribution is 2.28. The Labute approximate surface area is 108 Å². The van der Waals surface area contributed by atoms with Gasteiger partial charge in [-0.25, -0.2) is 0 Å². The van der Waals surface area contributed by atoms with Crippen LogP contribution in [0.2, 0.25) is 0 Å². The molecule has 0 rings (SSSR count). The maximum absolute atomic E-state index is 12.2. The number of nitrogens with zero attached hydrogens (tertiary/aromatic N) is 1. The molecule has 0 aromatic heterocycles. The molecule has 1 N–H and O–H groups in total. The van der Waals surface area contributed by atoms with Crippen LogP contribution in [0.1, 0.15) is 27.7 Å². The van der Waals surface area contributed by atoms with E-state index in [1.54, 1.807) is 44.5 Å². The summed E-state index contributed by atoms with van der Waals surface area (Å²) >= 11 is 1.64. The van der Waals surface area contributed by atoms with E-state index in [0.29, 0.717) is 0 Å². The number of aliphatic carboxylic acids is 1. The Kier molecular flexibility index (Phi) is 6.02. The van der Waals surface area contributed by atoms with Crippen molar-refractivity contribution < 1.29 is 14.7 Å². The van der Waals surface area contributed by atoms with Gasteiger partial charge >= 0.3 is 5.97 Å². The van der Waals surface area contributed by atoms with Crippen LogP contribution in [0.5, 0.6) is 0 Å². The van der Waals surface area contributed by atoms with E-state index < -0.39 is 17.3 Å². The number of carbonyl (C=O) groups is 2. The Morgan fingerprint density at radius 3 is 2.12 bits per heavy atom. The van der Waals surface area contributed by atoms with Crippen LogP contribution in [0.15, 0.2) is 0 Å². The Hall–Kier alpha value is -0.710. The highest BCUT2D eigenvalue weighted by Gasteiger charge is 2.40. The number of carbonyl (C=O) groups excluding carboxylic acids is 1. The van der Waals surface area contributed by atoms with Gasteiger partial charge in [0.2, 0.25) is 5.91 Å². The maximum Gasteiger partial charge on any atom is 0.316 e. The highest BCUT2D eigenvalue weighted by atomic mass is 32.2. The molecule has 0 saturated carbocycles. The zero-order valence-corrected chi connectivity index (χ0v) is 12.3. The Balaban J connectivity index is 4.92. The number of carboxylic acid groups (broad SMARTS) is 1. The fourth-order valence-electron chi connectivity index (χ4n) is 1.62. The van der Waals surface area contributed by atoms with Crippen LogP contribution in [0.3, 0.4) is 0 Å². The molecule has 0 aromatic rings. The SMILES string of the molecule is CSCC(C)N(C)C(=O)C(C(=O)O)C(C)(C)C. The maximum atomic E-state index is 12.2. The molecule has 0 radical (unpaired) electrons. The predicted octanol–water partition coefficient (Wildman–Crippen LogP) is 1.94. The second kappa shape index (κ2) is 6.28. The highest BCUT2D eigenvalue weighted by molar-refractivity contribution is 7.98. The van der Waals surface area contributed by atoms with E-state index in [0.717, 1.165) is 5.75 Å². The quantitative estimate of drug-likeness (QED) is 0.768. The van der Waals surface area contributed by atoms with E-state index >= 15 is 0 Å². The van der Waals surface area contributed by atoms with Crippen molar-refractivity contribution in [1.29, 1.82) is 0 Å².